The fourth-order valence-corrected chi connectivity index (χ4v) is 2.92. The highest BCUT2D eigenvalue weighted by atomic mass is 35.5. The lowest BCUT2D eigenvalue weighted by Gasteiger charge is -2.10. The monoisotopic (exact) mass is 383 g/mol. The first kappa shape index (κ1) is 18.7. The quantitative estimate of drug-likeness (QED) is 0.631. The highest BCUT2D eigenvalue weighted by molar-refractivity contribution is 6.30. The second-order valence-corrected chi connectivity index (χ2v) is 6.50. The molecule has 0 saturated carbocycles. The van der Waals surface area contributed by atoms with E-state index >= 15 is 0 Å². The van der Waals surface area contributed by atoms with E-state index in [1.807, 2.05) is 37.3 Å². The summed E-state index contributed by atoms with van der Waals surface area (Å²) in [5.41, 5.74) is 1.39. The molecule has 1 aromatic heterocycles. The van der Waals surface area contributed by atoms with Crippen molar-refractivity contribution in [2.45, 2.75) is 13.3 Å². The molecule has 0 fully saturated rings. The Labute approximate surface area is 160 Å². The van der Waals surface area contributed by atoms with Crippen LogP contribution in [0.15, 0.2) is 53.3 Å². The smallest absolute Gasteiger partial charge is 0.294 e. The standard InChI is InChI=1S/C20H18ClN3O3/c1-12-11-14(21)7-8-15(12)18-23-16(17(25)20(27)24-18)19(26)22-10-9-13-5-3-2-4-6-13/h2-8,11,25H,9-10H2,1H3,(H,22,26)(H,23,24,27). The van der Waals surface area contributed by atoms with Crippen molar-refractivity contribution in [2.24, 2.45) is 0 Å². The minimum absolute atomic E-state index is 0.195. The summed E-state index contributed by atoms with van der Waals surface area (Å²) in [4.78, 5) is 31.1. The number of carbonyl (C=O) groups excluding carboxylic acids is 1. The number of amides is 1. The molecule has 3 N–H and O–H groups in total. The van der Waals surface area contributed by atoms with E-state index in [-0.39, 0.29) is 11.5 Å². The van der Waals surface area contributed by atoms with Gasteiger partial charge in [-0.1, -0.05) is 41.9 Å². The molecule has 0 aliphatic heterocycles. The molecule has 1 heterocycles. The van der Waals surface area contributed by atoms with Crippen LogP contribution in [0.5, 0.6) is 5.75 Å². The zero-order chi connectivity index (χ0) is 19.4. The maximum absolute atomic E-state index is 12.4. The zero-order valence-electron chi connectivity index (χ0n) is 14.6. The molecule has 6 nitrogen and oxygen atoms in total. The molecular weight excluding hydrogens is 366 g/mol. The van der Waals surface area contributed by atoms with E-state index in [1.54, 1.807) is 18.2 Å². The lowest BCUT2D eigenvalue weighted by atomic mass is 10.1. The van der Waals surface area contributed by atoms with E-state index in [1.165, 1.54) is 0 Å². The Hall–Kier alpha value is -3.12. The number of halogens is 1. The number of aryl methyl sites for hydroxylation is 1. The fourth-order valence-electron chi connectivity index (χ4n) is 2.69. The molecule has 0 bridgehead atoms. The third-order valence-corrected chi connectivity index (χ3v) is 4.33. The first-order valence-electron chi connectivity index (χ1n) is 8.37. The van der Waals surface area contributed by atoms with Gasteiger partial charge in [0.15, 0.2) is 5.69 Å². The van der Waals surface area contributed by atoms with Crippen molar-refractivity contribution in [2.75, 3.05) is 6.54 Å². The molecule has 0 unspecified atom stereocenters. The van der Waals surface area contributed by atoms with Crippen LogP contribution < -0.4 is 10.9 Å². The number of aromatic hydroxyl groups is 1. The number of carbonyl (C=O) groups is 1. The van der Waals surface area contributed by atoms with Crippen LogP contribution in [0.4, 0.5) is 0 Å². The lowest BCUT2D eigenvalue weighted by molar-refractivity contribution is 0.0946. The van der Waals surface area contributed by atoms with E-state index in [9.17, 15) is 14.7 Å². The molecule has 3 aromatic rings. The number of rotatable bonds is 5. The van der Waals surface area contributed by atoms with Gasteiger partial charge >= 0.3 is 0 Å². The van der Waals surface area contributed by atoms with Crippen molar-refractivity contribution in [1.29, 1.82) is 0 Å². The SMILES string of the molecule is Cc1cc(Cl)ccc1-c1nc(C(=O)NCCc2ccccc2)c(O)c(=O)[nH]1. The number of nitrogens with zero attached hydrogens (tertiary/aromatic N) is 1. The van der Waals surface area contributed by atoms with Gasteiger partial charge in [-0.25, -0.2) is 4.98 Å². The van der Waals surface area contributed by atoms with Crippen LogP contribution in [0, 0.1) is 6.92 Å². The van der Waals surface area contributed by atoms with Crippen molar-refractivity contribution < 1.29 is 9.90 Å². The van der Waals surface area contributed by atoms with E-state index in [2.05, 4.69) is 15.3 Å². The van der Waals surface area contributed by atoms with Crippen molar-refractivity contribution in [3.63, 3.8) is 0 Å². The highest BCUT2D eigenvalue weighted by Gasteiger charge is 2.19. The number of benzene rings is 2. The summed E-state index contributed by atoms with van der Waals surface area (Å²) in [7, 11) is 0. The number of nitrogens with one attached hydrogen (secondary N) is 2. The molecule has 0 saturated heterocycles. The second kappa shape index (κ2) is 8.05. The van der Waals surface area contributed by atoms with Crippen LogP contribution in [0.2, 0.25) is 5.02 Å². The Bertz CT molecular complexity index is 1030. The maximum atomic E-state index is 12.4. The number of aromatic nitrogens is 2. The summed E-state index contributed by atoms with van der Waals surface area (Å²) < 4.78 is 0. The molecule has 0 spiro atoms. The second-order valence-electron chi connectivity index (χ2n) is 6.06. The first-order valence-corrected chi connectivity index (χ1v) is 8.75. The predicted octanol–water partition coefficient (Wildman–Crippen LogP) is 3.08. The van der Waals surface area contributed by atoms with Crippen molar-refractivity contribution in [3.05, 3.63) is 80.7 Å². The molecule has 0 radical (unpaired) electrons. The molecule has 2 aromatic carbocycles. The Morgan fingerprint density at radius 3 is 2.67 bits per heavy atom. The molecule has 0 aliphatic carbocycles. The molecule has 1 amide bonds. The minimum Gasteiger partial charge on any atom is -0.501 e. The van der Waals surface area contributed by atoms with Crippen molar-refractivity contribution >= 4 is 17.5 Å². The zero-order valence-corrected chi connectivity index (χ0v) is 15.4. The van der Waals surface area contributed by atoms with Gasteiger partial charge in [-0.3, -0.25) is 9.59 Å². The molecular formula is C20H18ClN3O3. The molecule has 138 valence electrons. The fraction of sp³-hybridized carbons (Fsp3) is 0.150. The number of hydrogen-bond acceptors (Lipinski definition) is 4. The van der Waals surface area contributed by atoms with E-state index < -0.39 is 17.2 Å². The summed E-state index contributed by atoms with van der Waals surface area (Å²) in [5, 5.41) is 13.2. The Morgan fingerprint density at radius 1 is 1.22 bits per heavy atom. The predicted molar refractivity (Wildman–Crippen MR) is 104 cm³/mol. The van der Waals surface area contributed by atoms with Crippen molar-refractivity contribution in [1.82, 2.24) is 15.3 Å². The summed E-state index contributed by atoms with van der Waals surface area (Å²) in [6.45, 7) is 2.17. The van der Waals surface area contributed by atoms with Gasteiger partial charge in [0, 0.05) is 17.1 Å². The van der Waals surface area contributed by atoms with Gasteiger partial charge in [0.05, 0.1) is 0 Å². The van der Waals surface area contributed by atoms with Crippen LogP contribution >= 0.6 is 11.6 Å². The van der Waals surface area contributed by atoms with Crippen LogP contribution in [0.1, 0.15) is 21.6 Å². The average molecular weight is 384 g/mol. The summed E-state index contributed by atoms with van der Waals surface area (Å²) in [5.74, 6) is -1.12. The van der Waals surface area contributed by atoms with Gasteiger partial charge in [0.2, 0.25) is 5.75 Å². The van der Waals surface area contributed by atoms with E-state index in [4.69, 9.17) is 11.6 Å². The van der Waals surface area contributed by atoms with E-state index in [0.29, 0.717) is 23.6 Å². The van der Waals surface area contributed by atoms with Gasteiger partial charge < -0.3 is 15.4 Å². The lowest BCUT2D eigenvalue weighted by Crippen LogP contribution is -2.28. The Balaban J connectivity index is 1.83. The molecule has 0 aliphatic rings. The van der Waals surface area contributed by atoms with Gasteiger partial charge in [-0.15, -0.1) is 0 Å². The average Bonchev–Trinajstić information content (AvgIpc) is 2.65. The third-order valence-electron chi connectivity index (χ3n) is 4.10. The van der Waals surface area contributed by atoms with Crippen LogP contribution in [0.25, 0.3) is 11.4 Å². The molecule has 0 atom stereocenters. The van der Waals surface area contributed by atoms with Crippen LogP contribution in [0.3, 0.4) is 0 Å². The van der Waals surface area contributed by atoms with Gasteiger partial charge in [0.25, 0.3) is 11.5 Å². The first-order chi connectivity index (χ1) is 13.0. The highest BCUT2D eigenvalue weighted by Crippen LogP contribution is 2.23. The Kier molecular flexibility index (Phi) is 5.57. The van der Waals surface area contributed by atoms with Crippen LogP contribution in [-0.2, 0) is 6.42 Å². The molecule has 27 heavy (non-hydrogen) atoms. The molecule has 3 rings (SSSR count). The van der Waals surface area contributed by atoms with Gasteiger partial charge in [-0.2, -0.15) is 0 Å². The number of H-pyrrole nitrogens is 1. The summed E-state index contributed by atoms with van der Waals surface area (Å²) >= 11 is 5.95. The van der Waals surface area contributed by atoms with Gasteiger partial charge in [-0.05, 0) is 42.7 Å². The topological polar surface area (TPSA) is 95.1 Å². The summed E-state index contributed by atoms with van der Waals surface area (Å²) in [6.07, 6.45) is 0.625. The maximum Gasteiger partial charge on any atom is 0.294 e. The van der Waals surface area contributed by atoms with Gasteiger partial charge in [0.1, 0.15) is 5.82 Å². The summed E-state index contributed by atoms with van der Waals surface area (Å²) in [6, 6.07) is 14.8. The third kappa shape index (κ3) is 4.35. The van der Waals surface area contributed by atoms with Crippen LogP contribution in [-0.4, -0.2) is 27.5 Å². The number of aromatic amines is 1. The normalized spacial score (nSPS) is 10.6. The Morgan fingerprint density at radius 2 is 1.96 bits per heavy atom. The largest absolute Gasteiger partial charge is 0.501 e. The minimum atomic E-state index is -0.775. The van der Waals surface area contributed by atoms with Crippen molar-refractivity contribution in [3.8, 4) is 17.1 Å². The molecule has 7 heteroatoms. The van der Waals surface area contributed by atoms with E-state index in [0.717, 1.165) is 11.1 Å². The number of hydrogen-bond donors (Lipinski definition) is 3.